The normalized spacial score (nSPS) is 16.1. The van der Waals surface area contributed by atoms with Crippen LogP contribution in [-0.2, 0) is 11.3 Å². The van der Waals surface area contributed by atoms with Gasteiger partial charge in [-0.1, -0.05) is 0 Å². The van der Waals surface area contributed by atoms with Crippen LogP contribution in [0.2, 0.25) is 0 Å². The topological polar surface area (TPSA) is 67.2 Å². The molecule has 140 valence electrons. The number of piperazine rings is 1. The van der Waals surface area contributed by atoms with Crippen molar-refractivity contribution in [2.24, 2.45) is 5.41 Å². The predicted molar refractivity (Wildman–Crippen MR) is 95.5 cm³/mol. The molecule has 0 radical (unpaired) electrons. The highest BCUT2D eigenvalue weighted by Crippen LogP contribution is 2.22. The van der Waals surface area contributed by atoms with E-state index in [2.05, 4.69) is 20.4 Å². The summed E-state index contributed by atoms with van der Waals surface area (Å²) in [5.41, 5.74) is 0.167. The molecule has 2 heterocycles. The van der Waals surface area contributed by atoms with Gasteiger partial charge in [-0.25, -0.2) is 4.39 Å². The summed E-state index contributed by atoms with van der Waals surface area (Å²) >= 11 is 5.91. The fourth-order valence-electron chi connectivity index (χ4n) is 2.88. The van der Waals surface area contributed by atoms with Crippen LogP contribution < -0.4 is 0 Å². The number of hydrogen-bond acceptors (Lipinski definition) is 5. The molecular formula is C17H22ClFN6O. The van der Waals surface area contributed by atoms with Gasteiger partial charge in [0.1, 0.15) is 5.82 Å². The van der Waals surface area contributed by atoms with E-state index in [1.807, 2.05) is 18.7 Å². The van der Waals surface area contributed by atoms with Crippen molar-refractivity contribution in [3.05, 3.63) is 35.9 Å². The molecule has 1 aliphatic rings. The number of aromatic nitrogens is 4. The molecule has 0 spiro atoms. The maximum absolute atomic E-state index is 13.1. The van der Waals surface area contributed by atoms with Crippen molar-refractivity contribution in [1.82, 2.24) is 30.0 Å². The lowest BCUT2D eigenvalue weighted by Crippen LogP contribution is -2.52. The third-order valence-corrected chi connectivity index (χ3v) is 5.21. The summed E-state index contributed by atoms with van der Waals surface area (Å²) in [6.07, 6.45) is 0. The number of halogens is 2. The zero-order chi connectivity index (χ0) is 18.7. The summed E-state index contributed by atoms with van der Waals surface area (Å²) < 4.78 is 14.7. The van der Waals surface area contributed by atoms with Gasteiger partial charge in [0, 0.05) is 32.1 Å². The van der Waals surface area contributed by atoms with E-state index >= 15 is 0 Å². The highest BCUT2D eigenvalue weighted by Gasteiger charge is 2.33. The van der Waals surface area contributed by atoms with E-state index in [0.717, 1.165) is 13.1 Å². The second-order valence-corrected chi connectivity index (χ2v) is 7.34. The molecule has 1 aromatic carbocycles. The number of tetrazole rings is 1. The lowest BCUT2D eigenvalue weighted by Gasteiger charge is -2.37. The number of nitrogens with zero attached hydrogens (tertiary/aromatic N) is 6. The molecule has 7 nitrogen and oxygen atoms in total. The maximum Gasteiger partial charge on any atom is 0.229 e. The number of carbonyl (C=O) groups is 1. The molecule has 1 fully saturated rings. The number of carbonyl (C=O) groups excluding carboxylic acids is 1. The standard InChI is InChI=1S/C17H22ClFN6O/c1-17(2,12-18)16(26)24-9-7-23(8-10-24)11-15-20-21-22-25(15)14-5-3-13(19)4-6-14/h3-6H,7-12H2,1-2H3. The minimum Gasteiger partial charge on any atom is -0.340 e. The minimum atomic E-state index is -0.545. The molecule has 3 rings (SSSR count). The predicted octanol–water partition coefficient (Wildman–Crippen LogP) is 1.71. The Balaban J connectivity index is 1.62. The van der Waals surface area contributed by atoms with Crippen LogP contribution in [0.3, 0.4) is 0 Å². The molecule has 1 aromatic heterocycles. The van der Waals surface area contributed by atoms with Crippen molar-refractivity contribution in [3.8, 4) is 5.69 Å². The fourth-order valence-corrected chi connectivity index (χ4v) is 3.00. The summed E-state index contributed by atoms with van der Waals surface area (Å²) in [6, 6.07) is 6.04. The smallest absolute Gasteiger partial charge is 0.229 e. The monoisotopic (exact) mass is 380 g/mol. The number of alkyl halides is 1. The van der Waals surface area contributed by atoms with Gasteiger partial charge in [-0.05, 0) is 48.5 Å². The molecule has 0 N–H and O–H groups in total. The van der Waals surface area contributed by atoms with Crippen molar-refractivity contribution in [2.45, 2.75) is 20.4 Å². The van der Waals surface area contributed by atoms with E-state index < -0.39 is 5.41 Å². The van der Waals surface area contributed by atoms with Crippen molar-refractivity contribution in [3.63, 3.8) is 0 Å². The molecule has 2 aromatic rings. The number of amides is 1. The van der Waals surface area contributed by atoms with Crippen LogP contribution >= 0.6 is 11.6 Å². The minimum absolute atomic E-state index is 0.0864. The van der Waals surface area contributed by atoms with Crippen LogP contribution in [0.15, 0.2) is 24.3 Å². The van der Waals surface area contributed by atoms with Gasteiger partial charge in [0.25, 0.3) is 0 Å². The highest BCUT2D eigenvalue weighted by atomic mass is 35.5. The molecule has 0 saturated carbocycles. The summed E-state index contributed by atoms with van der Waals surface area (Å²) in [7, 11) is 0. The van der Waals surface area contributed by atoms with Crippen molar-refractivity contribution >= 4 is 17.5 Å². The Hall–Kier alpha value is -2.06. The zero-order valence-corrected chi connectivity index (χ0v) is 15.7. The molecule has 0 unspecified atom stereocenters. The Labute approximate surface area is 156 Å². The van der Waals surface area contributed by atoms with Gasteiger partial charge in [-0.15, -0.1) is 16.7 Å². The summed E-state index contributed by atoms with van der Waals surface area (Å²) in [5.74, 6) is 0.767. The first-order chi connectivity index (χ1) is 12.4. The molecule has 26 heavy (non-hydrogen) atoms. The first kappa shape index (κ1) is 18.7. The second kappa shape index (κ2) is 7.67. The largest absolute Gasteiger partial charge is 0.340 e. The third kappa shape index (κ3) is 4.02. The van der Waals surface area contributed by atoms with Crippen LogP contribution in [0.25, 0.3) is 5.69 Å². The van der Waals surface area contributed by atoms with E-state index in [1.54, 1.807) is 16.8 Å². The van der Waals surface area contributed by atoms with Gasteiger partial charge in [-0.2, -0.15) is 4.68 Å². The van der Waals surface area contributed by atoms with Gasteiger partial charge < -0.3 is 4.90 Å². The van der Waals surface area contributed by atoms with Gasteiger partial charge >= 0.3 is 0 Å². The second-order valence-electron chi connectivity index (χ2n) is 7.07. The van der Waals surface area contributed by atoms with Crippen LogP contribution in [0.1, 0.15) is 19.7 Å². The van der Waals surface area contributed by atoms with E-state index in [0.29, 0.717) is 37.0 Å². The number of hydrogen-bond donors (Lipinski definition) is 0. The van der Waals surface area contributed by atoms with Crippen molar-refractivity contribution in [2.75, 3.05) is 32.1 Å². The molecular weight excluding hydrogens is 359 g/mol. The Kier molecular flexibility index (Phi) is 5.52. The van der Waals surface area contributed by atoms with Crippen LogP contribution in [0, 0.1) is 11.2 Å². The van der Waals surface area contributed by atoms with Crippen LogP contribution in [-0.4, -0.2) is 68.0 Å². The molecule has 9 heteroatoms. The summed E-state index contributed by atoms with van der Waals surface area (Å²) in [4.78, 5) is 16.6. The van der Waals surface area contributed by atoms with Gasteiger partial charge in [0.15, 0.2) is 5.82 Å². The van der Waals surface area contributed by atoms with Gasteiger partial charge in [0.2, 0.25) is 5.91 Å². The average Bonchev–Trinajstić information content (AvgIpc) is 3.10. The third-order valence-electron chi connectivity index (χ3n) is 4.54. The van der Waals surface area contributed by atoms with E-state index in [9.17, 15) is 9.18 Å². The van der Waals surface area contributed by atoms with E-state index in [4.69, 9.17) is 11.6 Å². The lowest BCUT2D eigenvalue weighted by molar-refractivity contribution is -0.141. The summed E-state index contributed by atoms with van der Waals surface area (Å²) in [6.45, 7) is 7.07. The van der Waals surface area contributed by atoms with E-state index in [1.165, 1.54) is 12.1 Å². The van der Waals surface area contributed by atoms with Crippen LogP contribution in [0.5, 0.6) is 0 Å². The highest BCUT2D eigenvalue weighted by molar-refractivity contribution is 6.19. The molecule has 0 atom stereocenters. The molecule has 0 bridgehead atoms. The fraction of sp³-hybridized carbons (Fsp3) is 0.529. The van der Waals surface area contributed by atoms with Gasteiger partial charge in [-0.3, -0.25) is 9.69 Å². The van der Waals surface area contributed by atoms with E-state index in [-0.39, 0.29) is 11.7 Å². The van der Waals surface area contributed by atoms with Crippen LogP contribution in [0.4, 0.5) is 4.39 Å². The molecule has 1 saturated heterocycles. The Morgan fingerprint density at radius 1 is 1.19 bits per heavy atom. The number of rotatable bonds is 5. The Morgan fingerprint density at radius 3 is 2.46 bits per heavy atom. The quantitative estimate of drug-likeness (QED) is 0.739. The van der Waals surface area contributed by atoms with Crippen molar-refractivity contribution < 1.29 is 9.18 Å². The number of benzene rings is 1. The summed E-state index contributed by atoms with van der Waals surface area (Å²) in [5, 5.41) is 11.8. The zero-order valence-electron chi connectivity index (χ0n) is 14.9. The molecule has 0 aliphatic carbocycles. The van der Waals surface area contributed by atoms with Gasteiger partial charge in [0.05, 0.1) is 17.6 Å². The Bertz CT molecular complexity index is 755. The molecule has 1 aliphatic heterocycles. The first-order valence-electron chi connectivity index (χ1n) is 8.51. The first-order valence-corrected chi connectivity index (χ1v) is 9.05. The van der Waals surface area contributed by atoms with Crippen molar-refractivity contribution in [1.29, 1.82) is 0 Å². The SMILES string of the molecule is CC(C)(CCl)C(=O)N1CCN(Cc2nnnn2-c2ccc(F)cc2)CC1. The lowest BCUT2D eigenvalue weighted by atomic mass is 9.94. The maximum atomic E-state index is 13.1. The molecule has 1 amide bonds. The Morgan fingerprint density at radius 2 is 1.85 bits per heavy atom. The average molecular weight is 381 g/mol.